The molecule has 1 aromatic heterocycles. The summed E-state index contributed by atoms with van der Waals surface area (Å²) in [5.41, 5.74) is 0.428. The molecule has 0 spiro atoms. The van der Waals surface area contributed by atoms with Gasteiger partial charge >= 0.3 is 0 Å². The van der Waals surface area contributed by atoms with Gasteiger partial charge in [-0.05, 0) is 12.8 Å². The summed E-state index contributed by atoms with van der Waals surface area (Å²) in [6.45, 7) is 3.84. The van der Waals surface area contributed by atoms with Crippen LogP contribution in [0.1, 0.15) is 26.0 Å². The van der Waals surface area contributed by atoms with Gasteiger partial charge in [-0.15, -0.1) is 11.6 Å². The SMILES string of the molecule is CCc1ncnc(NC(CC)CCl)c1F. The second-order valence-corrected chi connectivity index (χ2v) is 3.55. The molecule has 1 rings (SSSR count). The van der Waals surface area contributed by atoms with E-state index in [0.717, 1.165) is 6.42 Å². The number of aryl methyl sites for hydroxylation is 1. The molecule has 0 aliphatic heterocycles. The highest BCUT2D eigenvalue weighted by Crippen LogP contribution is 2.15. The first-order valence-electron chi connectivity index (χ1n) is 5.04. The smallest absolute Gasteiger partial charge is 0.186 e. The fourth-order valence-corrected chi connectivity index (χ4v) is 1.49. The number of anilines is 1. The first kappa shape index (κ1) is 12.2. The Kier molecular flexibility index (Phi) is 4.75. The lowest BCUT2D eigenvalue weighted by Gasteiger charge is -2.15. The molecule has 0 fully saturated rings. The van der Waals surface area contributed by atoms with Gasteiger partial charge in [0.25, 0.3) is 0 Å². The van der Waals surface area contributed by atoms with E-state index in [1.165, 1.54) is 6.33 Å². The van der Waals surface area contributed by atoms with Crippen molar-refractivity contribution in [2.45, 2.75) is 32.7 Å². The summed E-state index contributed by atoms with van der Waals surface area (Å²) >= 11 is 5.72. The number of hydrogen-bond acceptors (Lipinski definition) is 3. The number of nitrogens with one attached hydrogen (secondary N) is 1. The van der Waals surface area contributed by atoms with E-state index in [2.05, 4.69) is 15.3 Å². The summed E-state index contributed by atoms with van der Waals surface area (Å²) in [7, 11) is 0. The average molecular weight is 232 g/mol. The molecule has 0 radical (unpaired) electrons. The van der Waals surface area contributed by atoms with Crippen LogP contribution in [0.2, 0.25) is 0 Å². The van der Waals surface area contributed by atoms with Gasteiger partial charge in [0.1, 0.15) is 6.33 Å². The van der Waals surface area contributed by atoms with Crippen molar-refractivity contribution in [3.05, 3.63) is 17.8 Å². The van der Waals surface area contributed by atoms with E-state index in [1.807, 2.05) is 13.8 Å². The maximum Gasteiger partial charge on any atom is 0.186 e. The summed E-state index contributed by atoms with van der Waals surface area (Å²) in [5, 5.41) is 2.96. The quantitative estimate of drug-likeness (QED) is 0.792. The Bertz CT molecular complexity index is 316. The number of alkyl halides is 1. The topological polar surface area (TPSA) is 37.8 Å². The lowest BCUT2D eigenvalue weighted by atomic mass is 10.2. The third kappa shape index (κ3) is 3.02. The summed E-state index contributed by atoms with van der Waals surface area (Å²) in [4.78, 5) is 7.72. The summed E-state index contributed by atoms with van der Waals surface area (Å²) in [5.74, 6) is 0.305. The molecule has 0 amide bonds. The van der Waals surface area contributed by atoms with E-state index in [0.29, 0.717) is 18.0 Å². The minimum Gasteiger partial charge on any atom is -0.364 e. The van der Waals surface area contributed by atoms with Gasteiger partial charge in [0.15, 0.2) is 11.6 Å². The third-order valence-electron chi connectivity index (χ3n) is 2.22. The van der Waals surface area contributed by atoms with Crippen molar-refractivity contribution in [1.82, 2.24) is 9.97 Å². The fraction of sp³-hybridized carbons (Fsp3) is 0.600. The van der Waals surface area contributed by atoms with Crippen molar-refractivity contribution in [2.24, 2.45) is 0 Å². The van der Waals surface area contributed by atoms with Crippen LogP contribution in [-0.4, -0.2) is 21.9 Å². The van der Waals surface area contributed by atoms with Crippen LogP contribution in [0, 0.1) is 5.82 Å². The van der Waals surface area contributed by atoms with Crippen LogP contribution in [0.4, 0.5) is 10.2 Å². The number of nitrogens with zero attached hydrogens (tertiary/aromatic N) is 2. The number of rotatable bonds is 5. The molecule has 0 saturated heterocycles. The summed E-state index contributed by atoms with van der Waals surface area (Å²) < 4.78 is 13.7. The van der Waals surface area contributed by atoms with Gasteiger partial charge in [0.2, 0.25) is 0 Å². The molecule has 0 bridgehead atoms. The molecule has 0 aromatic carbocycles. The van der Waals surface area contributed by atoms with Gasteiger partial charge in [-0.2, -0.15) is 0 Å². The largest absolute Gasteiger partial charge is 0.364 e. The molecule has 0 saturated carbocycles. The maximum absolute atomic E-state index is 13.7. The van der Waals surface area contributed by atoms with Gasteiger partial charge in [0, 0.05) is 11.9 Å². The zero-order valence-corrected chi connectivity index (χ0v) is 9.68. The average Bonchev–Trinajstić information content (AvgIpc) is 2.28. The Morgan fingerprint density at radius 3 is 2.73 bits per heavy atom. The van der Waals surface area contributed by atoms with Crippen molar-refractivity contribution in [3.8, 4) is 0 Å². The fourth-order valence-electron chi connectivity index (χ4n) is 1.20. The first-order chi connectivity index (χ1) is 7.22. The normalized spacial score (nSPS) is 12.5. The summed E-state index contributed by atoms with van der Waals surface area (Å²) in [6, 6.07) is 0.0424. The Morgan fingerprint density at radius 1 is 1.47 bits per heavy atom. The van der Waals surface area contributed by atoms with E-state index in [-0.39, 0.29) is 17.7 Å². The van der Waals surface area contributed by atoms with Crippen molar-refractivity contribution in [3.63, 3.8) is 0 Å². The molecule has 1 unspecified atom stereocenters. The second-order valence-electron chi connectivity index (χ2n) is 3.24. The van der Waals surface area contributed by atoms with E-state index in [9.17, 15) is 4.39 Å². The van der Waals surface area contributed by atoms with Gasteiger partial charge in [-0.1, -0.05) is 13.8 Å². The second kappa shape index (κ2) is 5.85. The molecular formula is C10H15ClFN3. The zero-order valence-electron chi connectivity index (χ0n) is 8.93. The lowest BCUT2D eigenvalue weighted by Crippen LogP contribution is -2.22. The van der Waals surface area contributed by atoms with Crippen molar-refractivity contribution < 1.29 is 4.39 Å². The maximum atomic E-state index is 13.7. The minimum atomic E-state index is -0.372. The van der Waals surface area contributed by atoms with Crippen molar-refractivity contribution in [2.75, 3.05) is 11.2 Å². The molecule has 0 aliphatic rings. The van der Waals surface area contributed by atoms with E-state index in [4.69, 9.17) is 11.6 Å². The van der Waals surface area contributed by atoms with Crippen LogP contribution < -0.4 is 5.32 Å². The van der Waals surface area contributed by atoms with Crippen LogP contribution in [-0.2, 0) is 6.42 Å². The molecule has 3 nitrogen and oxygen atoms in total. The summed E-state index contributed by atoms with van der Waals surface area (Å²) in [6.07, 6.45) is 2.75. The zero-order chi connectivity index (χ0) is 11.3. The molecule has 1 atom stereocenters. The number of hydrogen-bond donors (Lipinski definition) is 1. The lowest BCUT2D eigenvalue weighted by molar-refractivity contribution is 0.592. The van der Waals surface area contributed by atoms with Crippen molar-refractivity contribution >= 4 is 17.4 Å². The monoisotopic (exact) mass is 231 g/mol. The Balaban J connectivity index is 2.85. The number of halogens is 2. The van der Waals surface area contributed by atoms with Gasteiger partial charge in [-0.3, -0.25) is 0 Å². The highest BCUT2D eigenvalue weighted by Gasteiger charge is 2.12. The first-order valence-corrected chi connectivity index (χ1v) is 5.58. The molecule has 15 heavy (non-hydrogen) atoms. The molecule has 84 valence electrons. The molecule has 0 aliphatic carbocycles. The number of aromatic nitrogens is 2. The third-order valence-corrected chi connectivity index (χ3v) is 2.59. The van der Waals surface area contributed by atoms with Crippen LogP contribution in [0.15, 0.2) is 6.33 Å². The van der Waals surface area contributed by atoms with Crippen LogP contribution in [0.5, 0.6) is 0 Å². The minimum absolute atomic E-state index is 0.0424. The molecular weight excluding hydrogens is 217 g/mol. The highest BCUT2D eigenvalue weighted by atomic mass is 35.5. The van der Waals surface area contributed by atoms with Crippen LogP contribution in [0.25, 0.3) is 0 Å². The van der Waals surface area contributed by atoms with Crippen LogP contribution in [0.3, 0.4) is 0 Å². The Morgan fingerprint density at radius 2 is 2.20 bits per heavy atom. The van der Waals surface area contributed by atoms with E-state index in [1.54, 1.807) is 0 Å². The highest BCUT2D eigenvalue weighted by molar-refractivity contribution is 6.18. The molecule has 1 heterocycles. The van der Waals surface area contributed by atoms with Gasteiger partial charge < -0.3 is 5.32 Å². The molecule has 1 N–H and O–H groups in total. The predicted octanol–water partition coefficient (Wildman–Crippen LogP) is 2.61. The van der Waals surface area contributed by atoms with Gasteiger partial charge in [-0.25, -0.2) is 14.4 Å². The molecule has 5 heteroatoms. The Hall–Kier alpha value is -0.900. The van der Waals surface area contributed by atoms with Crippen molar-refractivity contribution in [1.29, 1.82) is 0 Å². The van der Waals surface area contributed by atoms with Crippen LogP contribution >= 0.6 is 11.6 Å². The predicted molar refractivity (Wildman–Crippen MR) is 59.8 cm³/mol. The Labute approximate surface area is 94.1 Å². The van der Waals surface area contributed by atoms with E-state index < -0.39 is 0 Å². The molecule has 1 aromatic rings. The standard InChI is InChI=1S/C10H15ClFN3/c1-3-7(5-11)15-10-9(12)8(4-2)13-6-14-10/h6-7H,3-5H2,1-2H3,(H,13,14,15). The van der Waals surface area contributed by atoms with Gasteiger partial charge in [0.05, 0.1) is 5.69 Å². The van der Waals surface area contributed by atoms with E-state index >= 15 is 0 Å².